The highest BCUT2D eigenvalue weighted by Gasteiger charge is 2.27. The van der Waals surface area contributed by atoms with E-state index in [9.17, 15) is 14.4 Å². The van der Waals surface area contributed by atoms with E-state index in [4.69, 9.17) is 10.2 Å². The van der Waals surface area contributed by atoms with Crippen LogP contribution >= 0.6 is 0 Å². The summed E-state index contributed by atoms with van der Waals surface area (Å²) in [6, 6.07) is -0.819. The van der Waals surface area contributed by atoms with Gasteiger partial charge in [-0.2, -0.15) is 0 Å². The summed E-state index contributed by atoms with van der Waals surface area (Å²) in [6.07, 6.45) is 0.328. The van der Waals surface area contributed by atoms with Gasteiger partial charge in [-0.05, 0) is 13.3 Å². The highest BCUT2D eigenvalue weighted by atomic mass is 16.4. The highest BCUT2D eigenvalue weighted by Crippen LogP contribution is 2.09. The molecule has 0 heterocycles. The zero-order chi connectivity index (χ0) is 13.6. The maximum atomic E-state index is 11.1. The van der Waals surface area contributed by atoms with E-state index in [1.165, 1.54) is 18.7 Å². The van der Waals surface area contributed by atoms with Crippen molar-refractivity contribution in [1.29, 1.82) is 0 Å². The minimum atomic E-state index is -1.04. The van der Waals surface area contributed by atoms with E-state index in [-0.39, 0.29) is 18.9 Å². The van der Waals surface area contributed by atoms with E-state index in [1.54, 1.807) is 6.92 Å². The number of nitrogens with zero attached hydrogens (tertiary/aromatic N) is 1. The summed E-state index contributed by atoms with van der Waals surface area (Å²) in [5.74, 6) is -2.92. The number of rotatable bonds is 8. The van der Waals surface area contributed by atoms with E-state index in [1.807, 2.05) is 0 Å². The van der Waals surface area contributed by atoms with Gasteiger partial charge in [-0.25, -0.2) is 0 Å². The van der Waals surface area contributed by atoms with Crippen molar-refractivity contribution < 1.29 is 24.6 Å². The molecule has 0 saturated carbocycles. The second-order valence-electron chi connectivity index (χ2n) is 4.13. The summed E-state index contributed by atoms with van der Waals surface area (Å²) in [7, 11) is 0. The second kappa shape index (κ2) is 7.01. The van der Waals surface area contributed by atoms with Gasteiger partial charge >= 0.3 is 11.9 Å². The normalized spacial score (nSPS) is 14.4. The van der Waals surface area contributed by atoms with Crippen LogP contribution in [0.1, 0.15) is 27.2 Å². The van der Waals surface area contributed by atoms with Crippen LogP contribution in [-0.2, 0) is 14.4 Å². The Labute approximate surface area is 100 Å². The highest BCUT2D eigenvalue weighted by molar-refractivity contribution is 5.79. The van der Waals surface area contributed by atoms with Crippen molar-refractivity contribution in [2.75, 3.05) is 13.1 Å². The first-order valence-corrected chi connectivity index (χ1v) is 5.48. The number of carboxylic acids is 2. The average molecular weight is 245 g/mol. The van der Waals surface area contributed by atoms with Gasteiger partial charge in [-0.1, -0.05) is 13.8 Å². The number of ketones is 1. The van der Waals surface area contributed by atoms with Crippen LogP contribution in [-0.4, -0.2) is 52.0 Å². The molecule has 6 nitrogen and oxygen atoms in total. The zero-order valence-corrected chi connectivity index (χ0v) is 10.3. The number of Topliss-reactive ketones (excluding diaryl/α,β-unsaturated/α-hetero) is 1. The van der Waals surface area contributed by atoms with Crippen LogP contribution in [0.3, 0.4) is 0 Å². The Morgan fingerprint density at radius 3 is 2.00 bits per heavy atom. The fourth-order valence-electron chi connectivity index (χ4n) is 1.61. The van der Waals surface area contributed by atoms with Crippen molar-refractivity contribution in [3.05, 3.63) is 0 Å². The Bertz CT molecular complexity index is 302. The number of carbonyl (C=O) groups excluding carboxylic acids is 1. The van der Waals surface area contributed by atoms with Gasteiger partial charge in [0.05, 0.1) is 12.5 Å². The molecule has 2 N–H and O–H groups in total. The summed E-state index contributed by atoms with van der Waals surface area (Å²) >= 11 is 0. The molecule has 2 atom stereocenters. The Kier molecular flexibility index (Phi) is 6.42. The van der Waals surface area contributed by atoms with Gasteiger partial charge in [0.2, 0.25) is 0 Å². The van der Waals surface area contributed by atoms with Crippen molar-refractivity contribution in [3.8, 4) is 0 Å². The van der Waals surface area contributed by atoms with Crippen LogP contribution in [0, 0.1) is 5.92 Å². The third-order valence-corrected chi connectivity index (χ3v) is 2.47. The molecular weight excluding hydrogens is 226 g/mol. The molecule has 0 aromatic carbocycles. The van der Waals surface area contributed by atoms with Crippen molar-refractivity contribution >= 4 is 17.7 Å². The number of hydrogen-bond donors (Lipinski definition) is 2. The van der Waals surface area contributed by atoms with E-state index in [0.717, 1.165) is 0 Å². The first-order chi connectivity index (χ1) is 7.79. The Balaban J connectivity index is 4.78. The van der Waals surface area contributed by atoms with Crippen LogP contribution in [0.25, 0.3) is 0 Å². The second-order valence-corrected chi connectivity index (χ2v) is 4.13. The first-order valence-electron chi connectivity index (χ1n) is 5.48. The minimum absolute atomic E-state index is 0.0393. The monoisotopic (exact) mass is 245 g/mol. The average Bonchev–Trinajstić information content (AvgIpc) is 2.16. The number of aliphatic carboxylic acids is 2. The lowest BCUT2D eigenvalue weighted by molar-refractivity contribution is -0.148. The van der Waals surface area contributed by atoms with Gasteiger partial charge in [0.15, 0.2) is 0 Å². The predicted octanol–water partition coefficient (Wildman–Crippen LogP) is 0.461. The molecule has 17 heavy (non-hydrogen) atoms. The van der Waals surface area contributed by atoms with Crippen LogP contribution in [0.5, 0.6) is 0 Å². The lowest BCUT2D eigenvalue weighted by Gasteiger charge is -2.28. The van der Waals surface area contributed by atoms with E-state index < -0.39 is 23.9 Å². The molecule has 0 rings (SSSR count). The Hall–Kier alpha value is -1.43. The molecular formula is C11H19NO5. The fourth-order valence-corrected chi connectivity index (χ4v) is 1.61. The van der Waals surface area contributed by atoms with Crippen molar-refractivity contribution in [2.24, 2.45) is 5.92 Å². The van der Waals surface area contributed by atoms with Gasteiger partial charge in [-0.15, -0.1) is 0 Å². The summed E-state index contributed by atoms with van der Waals surface area (Å²) in [5, 5.41) is 17.8. The molecule has 0 aromatic rings. The molecule has 0 aromatic heterocycles. The van der Waals surface area contributed by atoms with Crippen molar-refractivity contribution in [2.45, 2.75) is 33.2 Å². The minimum Gasteiger partial charge on any atom is -0.481 e. The number of hydrogen-bond acceptors (Lipinski definition) is 4. The summed E-state index contributed by atoms with van der Waals surface area (Å²) in [6.45, 7) is 4.55. The van der Waals surface area contributed by atoms with Gasteiger partial charge in [0, 0.05) is 6.54 Å². The van der Waals surface area contributed by atoms with Gasteiger partial charge < -0.3 is 10.2 Å². The van der Waals surface area contributed by atoms with E-state index in [2.05, 4.69) is 0 Å². The molecule has 0 radical (unpaired) electrons. The number of carboxylic acid groups (broad SMARTS) is 2. The zero-order valence-electron chi connectivity index (χ0n) is 10.3. The molecule has 0 aliphatic heterocycles. The fraction of sp³-hybridized carbons (Fsp3) is 0.727. The molecule has 0 aliphatic rings. The lowest BCUT2D eigenvalue weighted by atomic mass is 10.1. The maximum absolute atomic E-state index is 11.1. The van der Waals surface area contributed by atoms with Gasteiger partial charge in [0.1, 0.15) is 11.8 Å². The van der Waals surface area contributed by atoms with Gasteiger partial charge in [0.25, 0.3) is 0 Å². The third-order valence-electron chi connectivity index (χ3n) is 2.47. The van der Waals surface area contributed by atoms with Gasteiger partial charge in [-0.3, -0.25) is 19.3 Å². The summed E-state index contributed by atoms with van der Waals surface area (Å²) in [4.78, 5) is 34.2. The molecule has 0 fully saturated rings. The topological polar surface area (TPSA) is 94.9 Å². The molecule has 98 valence electrons. The molecule has 2 unspecified atom stereocenters. The largest absolute Gasteiger partial charge is 0.481 e. The predicted molar refractivity (Wildman–Crippen MR) is 60.8 cm³/mol. The Morgan fingerprint density at radius 1 is 1.18 bits per heavy atom. The first kappa shape index (κ1) is 15.6. The standard InChI is InChI=1S/C11H19NO5/c1-4-9(11(16)17)12(6-8(3)13)5-7(2)10(14)15/h7,9H,4-6H2,1-3H3,(H,14,15)(H,16,17). The molecule has 0 spiro atoms. The lowest BCUT2D eigenvalue weighted by Crippen LogP contribution is -2.46. The smallest absolute Gasteiger partial charge is 0.320 e. The SMILES string of the molecule is CCC(C(=O)O)N(CC(C)=O)CC(C)C(=O)O. The number of carbonyl (C=O) groups is 3. The molecule has 0 bridgehead atoms. The van der Waals surface area contributed by atoms with E-state index >= 15 is 0 Å². The summed E-state index contributed by atoms with van der Waals surface area (Å²) < 4.78 is 0. The Morgan fingerprint density at radius 2 is 1.71 bits per heavy atom. The van der Waals surface area contributed by atoms with Crippen LogP contribution in [0.15, 0.2) is 0 Å². The molecule has 0 amide bonds. The van der Waals surface area contributed by atoms with Crippen LogP contribution in [0.4, 0.5) is 0 Å². The van der Waals surface area contributed by atoms with Crippen molar-refractivity contribution in [1.82, 2.24) is 4.90 Å². The maximum Gasteiger partial charge on any atom is 0.320 e. The van der Waals surface area contributed by atoms with Crippen molar-refractivity contribution in [3.63, 3.8) is 0 Å². The quantitative estimate of drug-likeness (QED) is 0.645. The third kappa shape index (κ3) is 5.44. The molecule has 0 aliphatic carbocycles. The molecule has 6 heteroatoms. The van der Waals surface area contributed by atoms with Crippen LogP contribution in [0.2, 0.25) is 0 Å². The van der Waals surface area contributed by atoms with Crippen LogP contribution < -0.4 is 0 Å². The van der Waals surface area contributed by atoms with E-state index in [0.29, 0.717) is 6.42 Å². The molecule has 0 saturated heterocycles. The summed E-state index contributed by atoms with van der Waals surface area (Å²) in [5.41, 5.74) is 0.